The lowest BCUT2D eigenvalue weighted by Crippen LogP contribution is -2.32. The van der Waals surface area contributed by atoms with Crippen LogP contribution >= 0.6 is 23.2 Å². The van der Waals surface area contributed by atoms with Gasteiger partial charge in [0.05, 0.1) is 16.7 Å². The number of hydrogen-bond acceptors (Lipinski definition) is 3. The summed E-state index contributed by atoms with van der Waals surface area (Å²) in [6, 6.07) is 4.78. The molecule has 0 aliphatic carbocycles. The molecule has 0 fully saturated rings. The molecule has 0 aliphatic heterocycles. The van der Waals surface area contributed by atoms with Crippen molar-refractivity contribution in [1.82, 2.24) is 5.32 Å². The first-order chi connectivity index (χ1) is 8.06. The van der Waals surface area contributed by atoms with Crippen LogP contribution in [0.3, 0.4) is 0 Å². The molecule has 1 unspecified atom stereocenters. The number of rotatable bonds is 4. The van der Waals surface area contributed by atoms with Gasteiger partial charge in [0.15, 0.2) is 0 Å². The fraction of sp³-hybridized carbons (Fsp3) is 0.364. The van der Waals surface area contributed by atoms with Crippen molar-refractivity contribution in [2.45, 2.75) is 13.0 Å². The summed E-state index contributed by atoms with van der Waals surface area (Å²) in [5.74, 6) is 0. The monoisotopic (exact) mass is 276 g/mol. The molecule has 0 spiro atoms. The maximum Gasteiger partial charge on any atom is 0.407 e. The van der Waals surface area contributed by atoms with Gasteiger partial charge in [0.1, 0.15) is 0 Å². The lowest BCUT2D eigenvalue weighted by molar-refractivity contribution is 0.151. The van der Waals surface area contributed by atoms with Crippen molar-refractivity contribution in [3.05, 3.63) is 33.8 Å². The summed E-state index contributed by atoms with van der Waals surface area (Å²) in [5, 5.41) is 3.39. The molecule has 1 amide bonds. The second kappa shape index (κ2) is 6.69. The van der Waals surface area contributed by atoms with Crippen LogP contribution in [0.25, 0.3) is 0 Å². The molecule has 1 aromatic carbocycles. The van der Waals surface area contributed by atoms with Gasteiger partial charge in [0.25, 0.3) is 0 Å². The van der Waals surface area contributed by atoms with Crippen LogP contribution in [-0.4, -0.2) is 19.2 Å². The Morgan fingerprint density at radius 1 is 1.53 bits per heavy atom. The third-order valence-corrected chi connectivity index (χ3v) is 2.96. The van der Waals surface area contributed by atoms with Crippen LogP contribution in [-0.2, 0) is 4.74 Å². The van der Waals surface area contributed by atoms with E-state index >= 15 is 0 Å². The number of amides is 1. The normalized spacial score (nSPS) is 12.0. The van der Waals surface area contributed by atoms with Crippen LogP contribution in [0, 0.1) is 0 Å². The molecule has 3 N–H and O–H groups in total. The van der Waals surface area contributed by atoms with Crippen LogP contribution in [0.1, 0.15) is 18.5 Å². The molecule has 0 saturated carbocycles. The van der Waals surface area contributed by atoms with E-state index < -0.39 is 12.1 Å². The van der Waals surface area contributed by atoms with Gasteiger partial charge in [-0.3, -0.25) is 0 Å². The molecule has 0 aromatic heterocycles. The van der Waals surface area contributed by atoms with Crippen LogP contribution in [0.5, 0.6) is 0 Å². The third-order valence-electron chi connectivity index (χ3n) is 2.12. The number of benzene rings is 1. The lowest BCUT2D eigenvalue weighted by atomic mass is 10.1. The first-order valence-electron chi connectivity index (χ1n) is 5.16. The quantitative estimate of drug-likeness (QED) is 0.889. The molecule has 4 nitrogen and oxygen atoms in total. The highest BCUT2D eigenvalue weighted by Gasteiger charge is 2.13. The van der Waals surface area contributed by atoms with Gasteiger partial charge in [-0.1, -0.05) is 35.3 Å². The summed E-state index contributed by atoms with van der Waals surface area (Å²) in [4.78, 5) is 11.1. The number of alkyl carbamates (subject to hydrolysis) is 1. The largest absolute Gasteiger partial charge is 0.450 e. The predicted octanol–water partition coefficient (Wildman–Crippen LogP) is 2.74. The van der Waals surface area contributed by atoms with Crippen molar-refractivity contribution in [1.29, 1.82) is 0 Å². The zero-order valence-electron chi connectivity index (χ0n) is 9.37. The SMILES string of the molecule is CCOC(=O)NCC(N)c1cccc(Cl)c1Cl. The number of nitrogens with two attached hydrogens (primary N) is 1. The van der Waals surface area contributed by atoms with Crippen molar-refractivity contribution in [3.63, 3.8) is 0 Å². The number of carbonyl (C=O) groups is 1. The Morgan fingerprint density at radius 3 is 2.88 bits per heavy atom. The molecule has 0 saturated heterocycles. The van der Waals surface area contributed by atoms with Gasteiger partial charge in [-0.2, -0.15) is 0 Å². The maximum absolute atomic E-state index is 11.1. The standard InChI is InChI=1S/C11H14Cl2N2O2/c1-2-17-11(16)15-6-9(14)7-4-3-5-8(12)10(7)13/h3-5,9H,2,6,14H2,1H3,(H,15,16). The van der Waals surface area contributed by atoms with Gasteiger partial charge in [-0.15, -0.1) is 0 Å². The molecule has 1 atom stereocenters. The summed E-state index contributed by atoms with van der Waals surface area (Å²) < 4.78 is 4.72. The summed E-state index contributed by atoms with van der Waals surface area (Å²) in [6.07, 6.45) is -0.499. The molecule has 17 heavy (non-hydrogen) atoms. The van der Waals surface area contributed by atoms with Crippen LogP contribution < -0.4 is 11.1 Å². The fourth-order valence-electron chi connectivity index (χ4n) is 1.29. The van der Waals surface area contributed by atoms with E-state index in [0.717, 1.165) is 0 Å². The van der Waals surface area contributed by atoms with E-state index in [1.807, 2.05) is 0 Å². The van der Waals surface area contributed by atoms with Gasteiger partial charge in [-0.05, 0) is 18.6 Å². The van der Waals surface area contributed by atoms with Crippen molar-refractivity contribution in [3.8, 4) is 0 Å². The Balaban J connectivity index is 2.61. The Bertz CT molecular complexity index is 399. The van der Waals surface area contributed by atoms with Gasteiger partial charge in [0.2, 0.25) is 0 Å². The highest BCUT2D eigenvalue weighted by Crippen LogP contribution is 2.28. The Labute approximate surface area is 110 Å². The highest BCUT2D eigenvalue weighted by atomic mass is 35.5. The Hall–Kier alpha value is -0.970. The van der Waals surface area contributed by atoms with Crippen LogP contribution in [0.2, 0.25) is 10.0 Å². The lowest BCUT2D eigenvalue weighted by Gasteiger charge is -2.15. The number of hydrogen-bond donors (Lipinski definition) is 2. The molecule has 0 heterocycles. The predicted molar refractivity (Wildman–Crippen MR) is 68.4 cm³/mol. The molecule has 0 aliphatic rings. The van der Waals surface area contributed by atoms with Gasteiger partial charge in [-0.25, -0.2) is 4.79 Å². The number of carbonyl (C=O) groups excluding carboxylic acids is 1. The summed E-state index contributed by atoms with van der Waals surface area (Å²) in [7, 11) is 0. The minimum Gasteiger partial charge on any atom is -0.450 e. The van der Waals surface area contributed by atoms with E-state index in [4.69, 9.17) is 33.7 Å². The number of ether oxygens (including phenoxy) is 1. The molecule has 0 bridgehead atoms. The average molecular weight is 277 g/mol. The molecular weight excluding hydrogens is 263 g/mol. The van der Waals surface area contributed by atoms with E-state index in [2.05, 4.69) is 5.32 Å². The van der Waals surface area contributed by atoms with Crippen molar-refractivity contribution >= 4 is 29.3 Å². The second-order valence-corrected chi connectivity index (χ2v) is 4.14. The molecule has 6 heteroatoms. The maximum atomic E-state index is 11.1. The Kier molecular flexibility index (Phi) is 5.55. The zero-order chi connectivity index (χ0) is 12.8. The van der Waals surface area contributed by atoms with Crippen molar-refractivity contribution in [2.75, 3.05) is 13.2 Å². The van der Waals surface area contributed by atoms with Crippen LogP contribution in [0.15, 0.2) is 18.2 Å². The Morgan fingerprint density at radius 2 is 2.24 bits per heavy atom. The zero-order valence-corrected chi connectivity index (χ0v) is 10.9. The van der Waals surface area contributed by atoms with E-state index in [1.165, 1.54) is 0 Å². The molecule has 94 valence electrons. The van der Waals surface area contributed by atoms with E-state index in [-0.39, 0.29) is 6.54 Å². The fourth-order valence-corrected chi connectivity index (χ4v) is 1.74. The van der Waals surface area contributed by atoms with E-state index in [0.29, 0.717) is 22.2 Å². The topological polar surface area (TPSA) is 64.3 Å². The van der Waals surface area contributed by atoms with Crippen LogP contribution in [0.4, 0.5) is 4.79 Å². The number of nitrogens with one attached hydrogen (secondary N) is 1. The van der Waals surface area contributed by atoms with E-state index in [9.17, 15) is 4.79 Å². The molecular formula is C11H14Cl2N2O2. The molecule has 1 rings (SSSR count). The van der Waals surface area contributed by atoms with Gasteiger partial charge >= 0.3 is 6.09 Å². The van der Waals surface area contributed by atoms with Gasteiger partial charge < -0.3 is 15.8 Å². The second-order valence-electron chi connectivity index (χ2n) is 3.35. The molecule has 1 aromatic rings. The summed E-state index contributed by atoms with van der Waals surface area (Å²) in [6.45, 7) is 2.28. The average Bonchev–Trinajstić information content (AvgIpc) is 2.30. The van der Waals surface area contributed by atoms with Gasteiger partial charge in [0, 0.05) is 12.6 Å². The highest BCUT2D eigenvalue weighted by molar-refractivity contribution is 6.42. The minimum absolute atomic E-state index is 0.235. The number of halogens is 2. The first-order valence-corrected chi connectivity index (χ1v) is 5.92. The smallest absolute Gasteiger partial charge is 0.407 e. The minimum atomic E-state index is -0.499. The summed E-state index contributed by atoms with van der Waals surface area (Å²) in [5.41, 5.74) is 6.59. The van der Waals surface area contributed by atoms with E-state index in [1.54, 1.807) is 25.1 Å². The first kappa shape index (κ1) is 14.1. The summed E-state index contributed by atoms with van der Waals surface area (Å²) >= 11 is 11.9. The van der Waals surface area contributed by atoms with Crippen molar-refractivity contribution in [2.24, 2.45) is 5.73 Å². The van der Waals surface area contributed by atoms with Crippen molar-refractivity contribution < 1.29 is 9.53 Å². The molecule has 0 radical (unpaired) electrons. The third kappa shape index (κ3) is 4.07.